The standard InChI is InChI=1S/C22H27FN4O/c1-14-11-15(2)25-22(24-14)27-18(12-16-7-9-17(23)10-8-16)13-19-20(27)5-3-4-6-21(28)26-19/h7-11,18-20H,3-6,12-13H2,1-2H3,(H,26,28)/t18-,19+,20-/m1/s1. The normalized spacial score (nSPS) is 25.0. The number of carbonyl (C=O) groups is 1. The fourth-order valence-corrected chi connectivity index (χ4v) is 4.65. The second-order valence-corrected chi connectivity index (χ2v) is 8.07. The molecule has 5 nitrogen and oxygen atoms in total. The molecular weight excluding hydrogens is 355 g/mol. The maximum atomic E-state index is 13.3. The fourth-order valence-electron chi connectivity index (χ4n) is 4.65. The highest BCUT2D eigenvalue weighted by molar-refractivity contribution is 5.76. The Morgan fingerprint density at radius 2 is 1.86 bits per heavy atom. The van der Waals surface area contributed by atoms with Gasteiger partial charge in [-0.25, -0.2) is 14.4 Å². The van der Waals surface area contributed by atoms with Crippen LogP contribution >= 0.6 is 0 Å². The van der Waals surface area contributed by atoms with Gasteiger partial charge >= 0.3 is 0 Å². The van der Waals surface area contributed by atoms with Crippen LogP contribution in [0.3, 0.4) is 0 Å². The van der Waals surface area contributed by atoms with Crippen molar-refractivity contribution in [3.8, 4) is 0 Å². The molecule has 0 aliphatic carbocycles. The number of aromatic nitrogens is 2. The van der Waals surface area contributed by atoms with Crippen molar-refractivity contribution in [3.05, 3.63) is 53.1 Å². The molecule has 28 heavy (non-hydrogen) atoms. The smallest absolute Gasteiger partial charge is 0.226 e. The summed E-state index contributed by atoms with van der Waals surface area (Å²) < 4.78 is 13.3. The number of benzene rings is 1. The Morgan fingerprint density at radius 1 is 1.14 bits per heavy atom. The maximum Gasteiger partial charge on any atom is 0.226 e. The molecule has 0 bridgehead atoms. The van der Waals surface area contributed by atoms with E-state index in [4.69, 9.17) is 9.97 Å². The summed E-state index contributed by atoms with van der Waals surface area (Å²) in [6.45, 7) is 3.97. The second-order valence-electron chi connectivity index (χ2n) is 8.07. The van der Waals surface area contributed by atoms with E-state index in [-0.39, 0.29) is 29.8 Å². The molecule has 4 rings (SSSR count). The molecule has 1 N–H and O–H groups in total. The Bertz CT molecular complexity index is 834. The van der Waals surface area contributed by atoms with Gasteiger partial charge < -0.3 is 10.2 Å². The van der Waals surface area contributed by atoms with Gasteiger partial charge in [-0.2, -0.15) is 0 Å². The highest BCUT2D eigenvalue weighted by atomic mass is 19.1. The molecule has 1 aromatic carbocycles. The van der Waals surface area contributed by atoms with E-state index < -0.39 is 0 Å². The van der Waals surface area contributed by atoms with Crippen LogP contribution in [0.15, 0.2) is 30.3 Å². The van der Waals surface area contributed by atoms with E-state index in [1.54, 1.807) is 0 Å². The molecule has 148 valence electrons. The quantitative estimate of drug-likeness (QED) is 0.883. The molecule has 1 amide bonds. The number of fused-ring (bicyclic) bond motifs is 1. The van der Waals surface area contributed by atoms with Crippen LogP contribution in [0.5, 0.6) is 0 Å². The Hall–Kier alpha value is -2.50. The Labute approximate surface area is 165 Å². The van der Waals surface area contributed by atoms with Crippen molar-refractivity contribution in [1.82, 2.24) is 15.3 Å². The minimum Gasteiger partial charge on any atom is -0.351 e. The van der Waals surface area contributed by atoms with Gasteiger partial charge in [0.15, 0.2) is 0 Å². The SMILES string of the molecule is Cc1cc(C)nc(N2[C@H](Cc3ccc(F)cc3)C[C@@H]3NC(=O)CCCC[C@H]32)n1. The first-order chi connectivity index (χ1) is 13.5. The predicted molar refractivity (Wildman–Crippen MR) is 107 cm³/mol. The summed E-state index contributed by atoms with van der Waals surface area (Å²) in [6, 6.07) is 9.13. The van der Waals surface area contributed by atoms with E-state index >= 15 is 0 Å². The average molecular weight is 382 g/mol. The summed E-state index contributed by atoms with van der Waals surface area (Å²) in [7, 11) is 0. The van der Waals surface area contributed by atoms with Crippen molar-refractivity contribution in [2.75, 3.05) is 4.90 Å². The molecule has 6 heteroatoms. The van der Waals surface area contributed by atoms with Crippen LogP contribution in [0.25, 0.3) is 0 Å². The molecule has 3 heterocycles. The van der Waals surface area contributed by atoms with Gasteiger partial charge in [0.1, 0.15) is 5.82 Å². The molecule has 2 saturated heterocycles. The molecule has 0 saturated carbocycles. The number of aryl methyl sites for hydroxylation is 2. The summed E-state index contributed by atoms with van der Waals surface area (Å²) in [5.41, 5.74) is 2.98. The molecule has 2 aliphatic rings. The Kier molecular flexibility index (Phi) is 5.29. The zero-order chi connectivity index (χ0) is 19.7. The number of halogens is 1. The lowest BCUT2D eigenvalue weighted by atomic mass is 9.97. The zero-order valence-electron chi connectivity index (χ0n) is 16.5. The van der Waals surface area contributed by atoms with Crippen molar-refractivity contribution in [3.63, 3.8) is 0 Å². The van der Waals surface area contributed by atoms with Gasteiger partial charge in [0.05, 0.1) is 12.1 Å². The van der Waals surface area contributed by atoms with Gasteiger partial charge in [0.2, 0.25) is 11.9 Å². The Morgan fingerprint density at radius 3 is 2.57 bits per heavy atom. The third-order valence-corrected chi connectivity index (χ3v) is 5.83. The maximum absolute atomic E-state index is 13.3. The summed E-state index contributed by atoms with van der Waals surface area (Å²) in [5, 5.41) is 3.24. The van der Waals surface area contributed by atoms with Gasteiger partial charge in [0.25, 0.3) is 0 Å². The summed E-state index contributed by atoms with van der Waals surface area (Å²) in [6.07, 6.45) is 5.19. The van der Waals surface area contributed by atoms with Crippen LogP contribution in [-0.4, -0.2) is 34.0 Å². The third kappa shape index (κ3) is 4.01. The molecule has 0 unspecified atom stereocenters. The number of hydrogen-bond acceptors (Lipinski definition) is 4. The van der Waals surface area contributed by atoms with Gasteiger partial charge in [-0.3, -0.25) is 4.79 Å². The van der Waals surface area contributed by atoms with Gasteiger partial charge in [-0.1, -0.05) is 18.6 Å². The first-order valence-electron chi connectivity index (χ1n) is 10.1. The monoisotopic (exact) mass is 382 g/mol. The summed E-state index contributed by atoms with van der Waals surface area (Å²) in [5.74, 6) is 0.656. The lowest BCUT2D eigenvalue weighted by Crippen LogP contribution is -2.47. The minimum absolute atomic E-state index is 0.0997. The first-order valence-corrected chi connectivity index (χ1v) is 10.1. The minimum atomic E-state index is -0.224. The third-order valence-electron chi connectivity index (χ3n) is 5.83. The number of carbonyl (C=O) groups excluding carboxylic acids is 1. The van der Waals surface area contributed by atoms with Crippen LogP contribution in [0.2, 0.25) is 0 Å². The largest absolute Gasteiger partial charge is 0.351 e. The number of nitrogens with zero attached hydrogens (tertiary/aromatic N) is 3. The van der Waals surface area contributed by atoms with Crippen molar-refractivity contribution < 1.29 is 9.18 Å². The Balaban J connectivity index is 1.68. The van der Waals surface area contributed by atoms with Crippen LogP contribution in [0.1, 0.15) is 49.1 Å². The molecule has 0 radical (unpaired) electrons. The number of rotatable bonds is 3. The van der Waals surface area contributed by atoms with Crippen molar-refractivity contribution in [2.45, 2.75) is 70.5 Å². The van der Waals surface area contributed by atoms with Crippen LogP contribution in [0, 0.1) is 19.7 Å². The van der Waals surface area contributed by atoms with E-state index in [9.17, 15) is 9.18 Å². The molecule has 3 atom stereocenters. The topological polar surface area (TPSA) is 58.1 Å². The van der Waals surface area contributed by atoms with E-state index in [2.05, 4.69) is 10.2 Å². The number of amides is 1. The summed E-state index contributed by atoms with van der Waals surface area (Å²) >= 11 is 0. The molecule has 2 aromatic rings. The molecule has 2 fully saturated rings. The van der Waals surface area contributed by atoms with Crippen molar-refractivity contribution >= 4 is 11.9 Å². The number of hydrogen-bond donors (Lipinski definition) is 1. The second kappa shape index (κ2) is 7.86. The van der Waals surface area contributed by atoms with Crippen LogP contribution < -0.4 is 10.2 Å². The summed E-state index contributed by atoms with van der Waals surface area (Å²) in [4.78, 5) is 24.0. The molecular formula is C22H27FN4O. The molecule has 2 aliphatic heterocycles. The molecule has 0 spiro atoms. The lowest BCUT2D eigenvalue weighted by Gasteiger charge is -2.33. The van der Waals surface area contributed by atoms with Crippen molar-refractivity contribution in [1.29, 1.82) is 0 Å². The van der Waals surface area contributed by atoms with Gasteiger partial charge in [-0.15, -0.1) is 0 Å². The van der Waals surface area contributed by atoms with E-state index in [1.807, 2.05) is 32.0 Å². The van der Waals surface area contributed by atoms with Gasteiger partial charge in [0, 0.05) is 23.9 Å². The highest BCUT2D eigenvalue weighted by Gasteiger charge is 2.43. The van der Waals surface area contributed by atoms with E-state index in [0.717, 1.165) is 55.0 Å². The predicted octanol–water partition coefficient (Wildman–Crippen LogP) is 3.48. The lowest BCUT2D eigenvalue weighted by molar-refractivity contribution is -0.122. The number of nitrogens with one attached hydrogen (secondary N) is 1. The first kappa shape index (κ1) is 18.8. The number of anilines is 1. The van der Waals surface area contributed by atoms with Crippen LogP contribution in [0.4, 0.5) is 10.3 Å². The van der Waals surface area contributed by atoms with Gasteiger partial charge in [-0.05, 0) is 63.3 Å². The van der Waals surface area contributed by atoms with Crippen LogP contribution in [-0.2, 0) is 11.2 Å². The average Bonchev–Trinajstić information content (AvgIpc) is 2.94. The molecule has 1 aromatic heterocycles. The highest BCUT2D eigenvalue weighted by Crippen LogP contribution is 2.34. The van der Waals surface area contributed by atoms with Crippen molar-refractivity contribution in [2.24, 2.45) is 0 Å². The zero-order valence-corrected chi connectivity index (χ0v) is 16.5. The van der Waals surface area contributed by atoms with E-state index in [1.165, 1.54) is 12.1 Å². The van der Waals surface area contributed by atoms with E-state index in [0.29, 0.717) is 6.42 Å². The fraction of sp³-hybridized carbons (Fsp3) is 0.500.